The Bertz CT molecular complexity index is 546. The molecule has 0 spiro atoms. The van der Waals surface area contributed by atoms with Crippen LogP contribution in [0.5, 0.6) is 0 Å². The zero-order chi connectivity index (χ0) is 15.1. The van der Waals surface area contributed by atoms with Gasteiger partial charge in [-0.15, -0.1) is 0 Å². The fourth-order valence-electron chi connectivity index (χ4n) is 2.62. The van der Waals surface area contributed by atoms with Crippen LogP contribution in [-0.4, -0.2) is 40.5 Å². The van der Waals surface area contributed by atoms with Gasteiger partial charge in [0.05, 0.1) is 11.7 Å². The number of nitrogens with zero attached hydrogens (tertiary/aromatic N) is 3. The summed E-state index contributed by atoms with van der Waals surface area (Å²) in [5.41, 5.74) is 2.09. The molecule has 0 radical (unpaired) electrons. The van der Waals surface area contributed by atoms with E-state index in [1.807, 2.05) is 30.7 Å². The van der Waals surface area contributed by atoms with Gasteiger partial charge in [-0.1, -0.05) is 13.8 Å². The van der Waals surface area contributed by atoms with E-state index < -0.39 is 0 Å². The fraction of sp³-hybridized carbons (Fsp3) is 0.529. The second-order valence-corrected chi connectivity index (χ2v) is 5.47. The highest BCUT2D eigenvalue weighted by molar-refractivity contribution is 5.90. The number of hydrogen-bond acceptors (Lipinski definition) is 4. The minimum Gasteiger partial charge on any atom is -0.382 e. The average molecular weight is 286 g/mol. The van der Waals surface area contributed by atoms with E-state index in [4.69, 9.17) is 0 Å². The van der Waals surface area contributed by atoms with E-state index in [1.54, 1.807) is 0 Å². The van der Waals surface area contributed by atoms with Crippen molar-refractivity contribution >= 4 is 16.6 Å². The molecule has 0 aliphatic carbocycles. The summed E-state index contributed by atoms with van der Waals surface area (Å²) in [5, 5.41) is 4.75. The Hall–Kier alpha value is -1.68. The van der Waals surface area contributed by atoms with Crippen LogP contribution >= 0.6 is 0 Å². The van der Waals surface area contributed by atoms with Gasteiger partial charge in [0.2, 0.25) is 0 Å². The van der Waals surface area contributed by atoms with Gasteiger partial charge in [-0.3, -0.25) is 9.97 Å². The van der Waals surface area contributed by atoms with Crippen LogP contribution in [0.2, 0.25) is 0 Å². The SMILES string of the molecule is CCN(CC)CCC[C@H](C)Nc1ccnc2cnccc12. The molecule has 4 heteroatoms. The normalized spacial score (nSPS) is 12.8. The van der Waals surface area contributed by atoms with Gasteiger partial charge in [-0.2, -0.15) is 0 Å². The third kappa shape index (κ3) is 4.39. The van der Waals surface area contributed by atoms with Crippen LogP contribution in [0.1, 0.15) is 33.6 Å². The molecule has 114 valence electrons. The van der Waals surface area contributed by atoms with E-state index in [9.17, 15) is 0 Å². The van der Waals surface area contributed by atoms with E-state index in [-0.39, 0.29) is 0 Å². The van der Waals surface area contributed by atoms with Crippen LogP contribution < -0.4 is 5.32 Å². The molecule has 0 saturated heterocycles. The summed E-state index contributed by atoms with van der Waals surface area (Å²) in [6.07, 6.45) is 7.87. The van der Waals surface area contributed by atoms with E-state index in [1.165, 1.54) is 19.4 Å². The van der Waals surface area contributed by atoms with Crippen molar-refractivity contribution in [3.63, 3.8) is 0 Å². The van der Waals surface area contributed by atoms with E-state index in [0.29, 0.717) is 6.04 Å². The van der Waals surface area contributed by atoms with Crippen molar-refractivity contribution in [2.24, 2.45) is 0 Å². The van der Waals surface area contributed by atoms with Crippen LogP contribution in [0.15, 0.2) is 30.7 Å². The van der Waals surface area contributed by atoms with Crippen LogP contribution in [0, 0.1) is 0 Å². The number of pyridine rings is 2. The molecule has 0 unspecified atom stereocenters. The summed E-state index contributed by atoms with van der Waals surface area (Å²) in [6.45, 7) is 10.2. The molecule has 2 rings (SSSR count). The Balaban J connectivity index is 1.91. The molecule has 2 aromatic rings. The molecule has 1 atom stereocenters. The number of aromatic nitrogens is 2. The van der Waals surface area contributed by atoms with Gasteiger partial charge in [-0.05, 0) is 51.5 Å². The van der Waals surface area contributed by atoms with Crippen LogP contribution in [0.3, 0.4) is 0 Å². The molecule has 2 heterocycles. The van der Waals surface area contributed by atoms with Crippen LogP contribution in [0.4, 0.5) is 5.69 Å². The number of nitrogens with one attached hydrogen (secondary N) is 1. The quantitative estimate of drug-likeness (QED) is 0.805. The fourth-order valence-corrected chi connectivity index (χ4v) is 2.62. The highest BCUT2D eigenvalue weighted by Gasteiger charge is 2.07. The second kappa shape index (κ2) is 7.93. The Morgan fingerprint density at radius 3 is 2.76 bits per heavy atom. The highest BCUT2D eigenvalue weighted by Crippen LogP contribution is 2.21. The minimum absolute atomic E-state index is 0.458. The molecule has 4 nitrogen and oxygen atoms in total. The molecular weight excluding hydrogens is 260 g/mol. The second-order valence-electron chi connectivity index (χ2n) is 5.47. The number of rotatable bonds is 8. The molecule has 0 aliphatic rings. The largest absolute Gasteiger partial charge is 0.382 e. The Morgan fingerprint density at radius 2 is 2.00 bits per heavy atom. The average Bonchev–Trinajstić information content (AvgIpc) is 2.52. The summed E-state index contributed by atoms with van der Waals surface area (Å²) in [4.78, 5) is 10.9. The van der Waals surface area contributed by atoms with Crippen molar-refractivity contribution in [2.45, 2.75) is 39.7 Å². The lowest BCUT2D eigenvalue weighted by atomic mass is 10.1. The van der Waals surface area contributed by atoms with Crippen molar-refractivity contribution in [1.82, 2.24) is 14.9 Å². The minimum atomic E-state index is 0.458. The monoisotopic (exact) mass is 286 g/mol. The van der Waals surface area contributed by atoms with Crippen molar-refractivity contribution in [1.29, 1.82) is 0 Å². The Morgan fingerprint density at radius 1 is 1.19 bits per heavy atom. The van der Waals surface area contributed by atoms with Gasteiger partial charge < -0.3 is 10.2 Å². The molecule has 21 heavy (non-hydrogen) atoms. The Labute approximate surface area is 127 Å². The van der Waals surface area contributed by atoms with Gasteiger partial charge >= 0.3 is 0 Å². The maximum absolute atomic E-state index is 4.35. The molecular formula is C17H26N4. The van der Waals surface area contributed by atoms with Crippen molar-refractivity contribution in [3.8, 4) is 0 Å². The van der Waals surface area contributed by atoms with Gasteiger partial charge in [-0.25, -0.2) is 0 Å². The van der Waals surface area contributed by atoms with Gasteiger partial charge in [0.25, 0.3) is 0 Å². The summed E-state index contributed by atoms with van der Waals surface area (Å²) in [6, 6.07) is 4.52. The summed E-state index contributed by atoms with van der Waals surface area (Å²) in [7, 11) is 0. The summed E-state index contributed by atoms with van der Waals surface area (Å²) < 4.78 is 0. The summed E-state index contributed by atoms with van der Waals surface area (Å²) >= 11 is 0. The topological polar surface area (TPSA) is 41.0 Å². The van der Waals surface area contributed by atoms with Crippen LogP contribution in [-0.2, 0) is 0 Å². The number of fused-ring (bicyclic) bond motifs is 1. The van der Waals surface area contributed by atoms with Gasteiger partial charge in [0.1, 0.15) is 0 Å². The lowest BCUT2D eigenvalue weighted by Crippen LogP contribution is -2.25. The molecule has 1 N–H and O–H groups in total. The molecule has 0 fully saturated rings. The Kier molecular flexibility index (Phi) is 5.93. The van der Waals surface area contributed by atoms with E-state index in [0.717, 1.165) is 29.7 Å². The van der Waals surface area contributed by atoms with Crippen molar-refractivity contribution in [3.05, 3.63) is 30.7 Å². The molecule has 0 amide bonds. The predicted octanol–water partition coefficient (Wildman–Crippen LogP) is 3.55. The molecule has 2 aromatic heterocycles. The van der Waals surface area contributed by atoms with Crippen LogP contribution in [0.25, 0.3) is 10.9 Å². The first-order valence-corrected chi connectivity index (χ1v) is 7.92. The first-order chi connectivity index (χ1) is 10.2. The standard InChI is InChI=1S/C17H26N4/c1-4-21(5-2)12-6-7-14(3)20-16-9-11-19-17-13-18-10-8-15(16)17/h8-11,13-14H,4-7,12H2,1-3H3,(H,19,20)/t14-/m0/s1. The third-order valence-electron chi connectivity index (χ3n) is 3.95. The number of anilines is 1. The first kappa shape index (κ1) is 15.7. The molecule has 0 aromatic carbocycles. The predicted molar refractivity (Wildman–Crippen MR) is 89.6 cm³/mol. The zero-order valence-electron chi connectivity index (χ0n) is 13.3. The molecule has 0 bridgehead atoms. The highest BCUT2D eigenvalue weighted by atomic mass is 15.1. The maximum Gasteiger partial charge on any atom is 0.0905 e. The lowest BCUT2D eigenvalue weighted by molar-refractivity contribution is 0.295. The van der Waals surface area contributed by atoms with Gasteiger partial charge in [0, 0.05) is 29.5 Å². The third-order valence-corrected chi connectivity index (χ3v) is 3.95. The van der Waals surface area contributed by atoms with E-state index in [2.05, 4.69) is 41.0 Å². The first-order valence-electron chi connectivity index (χ1n) is 7.92. The zero-order valence-corrected chi connectivity index (χ0v) is 13.3. The molecule has 0 aliphatic heterocycles. The summed E-state index contributed by atoms with van der Waals surface area (Å²) in [5.74, 6) is 0. The van der Waals surface area contributed by atoms with Crippen molar-refractivity contribution in [2.75, 3.05) is 25.0 Å². The van der Waals surface area contributed by atoms with Gasteiger partial charge in [0.15, 0.2) is 0 Å². The lowest BCUT2D eigenvalue weighted by Gasteiger charge is -2.20. The molecule has 0 saturated carbocycles. The smallest absolute Gasteiger partial charge is 0.0905 e. The maximum atomic E-state index is 4.35. The van der Waals surface area contributed by atoms with Crippen molar-refractivity contribution < 1.29 is 0 Å². The van der Waals surface area contributed by atoms with E-state index >= 15 is 0 Å². The number of hydrogen-bond donors (Lipinski definition) is 1.